The second-order valence-electron chi connectivity index (χ2n) is 8.74. The van der Waals surface area contributed by atoms with Crippen molar-refractivity contribution in [1.82, 2.24) is 9.88 Å². The number of rotatable bonds is 4. The summed E-state index contributed by atoms with van der Waals surface area (Å²) >= 11 is 1.58. The van der Waals surface area contributed by atoms with E-state index in [4.69, 9.17) is 0 Å². The van der Waals surface area contributed by atoms with Crippen LogP contribution in [0, 0.1) is 18.3 Å². The van der Waals surface area contributed by atoms with E-state index in [0.29, 0.717) is 11.7 Å². The SMILES string of the molecule is Cc1cccc(NC(=O)CN(C)C(=O)c2cc3c(s2)CCC(C(C)(C)C)C3)n1. The first-order chi connectivity index (χ1) is 13.1. The summed E-state index contributed by atoms with van der Waals surface area (Å²) in [5.74, 6) is 0.802. The average Bonchev–Trinajstić information content (AvgIpc) is 3.03. The van der Waals surface area contributed by atoms with Gasteiger partial charge in [-0.25, -0.2) is 4.98 Å². The van der Waals surface area contributed by atoms with Crippen LogP contribution in [0.3, 0.4) is 0 Å². The van der Waals surface area contributed by atoms with E-state index in [9.17, 15) is 9.59 Å². The minimum atomic E-state index is -0.247. The zero-order valence-electron chi connectivity index (χ0n) is 17.3. The molecule has 2 aromatic rings. The van der Waals surface area contributed by atoms with Crippen LogP contribution in [-0.2, 0) is 17.6 Å². The number of carbonyl (C=O) groups is 2. The molecular weight excluding hydrogens is 370 g/mol. The second-order valence-corrected chi connectivity index (χ2v) is 9.88. The maximum absolute atomic E-state index is 12.8. The Bertz CT molecular complexity index is 882. The average molecular weight is 400 g/mol. The van der Waals surface area contributed by atoms with Crippen molar-refractivity contribution in [2.24, 2.45) is 11.3 Å². The topological polar surface area (TPSA) is 62.3 Å². The number of anilines is 1. The molecule has 1 N–H and O–H groups in total. The summed E-state index contributed by atoms with van der Waals surface area (Å²) in [6, 6.07) is 7.49. The highest BCUT2D eigenvalue weighted by Crippen LogP contribution is 2.40. The Labute approximate surface area is 171 Å². The molecule has 28 heavy (non-hydrogen) atoms. The number of fused-ring (bicyclic) bond motifs is 1. The molecule has 5 nitrogen and oxygen atoms in total. The molecule has 1 aliphatic carbocycles. The number of likely N-dealkylation sites (N-methyl/N-ethyl adjacent to an activating group) is 1. The number of carbonyl (C=O) groups excluding carboxylic acids is 2. The molecular formula is C22H29N3O2S. The quantitative estimate of drug-likeness (QED) is 0.833. The normalized spacial score (nSPS) is 16.4. The summed E-state index contributed by atoms with van der Waals surface area (Å²) in [4.78, 5) is 32.9. The number of pyridine rings is 1. The highest BCUT2D eigenvalue weighted by Gasteiger charge is 2.31. The van der Waals surface area contributed by atoms with Crippen LogP contribution in [0.25, 0.3) is 0 Å². The maximum atomic E-state index is 12.8. The summed E-state index contributed by atoms with van der Waals surface area (Å²) in [5.41, 5.74) is 2.42. The van der Waals surface area contributed by atoms with E-state index in [2.05, 4.69) is 31.1 Å². The lowest BCUT2D eigenvalue weighted by Gasteiger charge is -2.33. The lowest BCUT2D eigenvalue weighted by atomic mass is 9.72. The number of thiophene rings is 1. The van der Waals surface area contributed by atoms with Gasteiger partial charge in [-0.2, -0.15) is 0 Å². The number of amides is 2. The van der Waals surface area contributed by atoms with Gasteiger partial charge in [-0.3, -0.25) is 9.59 Å². The third kappa shape index (κ3) is 4.79. The molecule has 3 rings (SSSR count). The summed E-state index contributed by atoms with van der Waals surface area (Å²) in [6.07, 6.45) is 3.25. The fourth-order valence-corrected chi connectivity index (χ4v) is 4.84. The number of hydrogen-bond acceptors (Lipinski definition) is 4. The first-order valence-corrected chi connectivity index (χ1v) is 10.6. The number of aryl methyl sites for hydroxylation is 2. The molecule has 2 aromatic heterocycles. The molecule has 0 saturated carbocycles. The van der Waals surface area contributed by atoms with Gasteiger partial charge in [0.15, 0.2) is 0 Å². The van der Waals surface area contributed by atoms with Crippen LogP contribution in [0.2, 0.25) is 0 Å². The molecule has 0 saturated heterocycles. The Morgan fingerprint density at radius 2 is 2.07 bits per heavy atom. The second kappa shape index (κ2) is 8.03. The van der Waals surface area contributed by atoms with Crippen molar-refractivity contribution in [3.8, 4) is 0 Å². The first-order valence-electron chi connectivity index (χ1n) is 9.74. The molecule has 1 atom stereocenters. The Kier molecular flexibility index (Phi) is 5.89. The molecule has 1 unspecified atom stereocenters. The van der Waals surface area contributed by atoms with Gasteiger partial charge in [0.05, 0.1) is 11.4 Å². The molecule has 150 valence electrons. The van der Waals surface area contributed by atoms with Crippen molar-refractivity contribution in [3.05, 3.63) is 45.3 Å². The molecule has 1 aliphatic rings. The molecule has 0 aliphatic heterocycles. The van der Waals surface area contributed by atoms with E-state index >= 15 is 0 Å². The van der Waals surface area contributed by atoms with E-state index in [1.54, 1.807) is 24.5 Å². The Morgan fingerprint density at radius 1 is 1.32 bits per heavy atom. The maximum Gasteiger partial charge on any atom is 0.264 e. The van der Waals surface area contributed by atoms with E-state index < -0.39 is 0 Å². The largest absolute Gasteiger partial charge is 0.332 e. The highest BCUT2D eigenvalue weighted by molar-refractivity contribution is 7.14. The van der Waals surface area contributed by atoms with Crippen LogP contribution >= 0.6 is 11.3 Å². The number of nitrogens with one attached hydrogen (secondary N) is 1. The van der Waals surface area contributed by atoms with Crippen molar-refractivity contribution < 1.29 is 9.59 Å². The zero-order valence-corrected chi connectivity index (χ0v) is 18.2. The smallest absolute Gasteiger partial charge is 0.264 e. The van der Waals surface area contributed by atoms with Crippen LogP contribution in [-0.4, -0.2) is 35.3 Å². The molecule has 2 heterocycles. The standard InChI is InChI=1S/C22H29N3O2S/c1-14-7-6-8-19(23-14)24-20(26)13-25(5)21(27)18-12-15-11-16(22(2,3)4)9-10-17(15)28-18/h6-8,12,16H,9-11,13H2,1-5H3,(H,23,24,26). The van der Waals surface area contributed by atoms with Crippen LogP contribution in [0.15, 0.2) is 24.3 Å². The number of aromatic nitrogens is 1. The molecule has 0 aromatic carbocycles. The van der Waals surface area contributed by atoms with Crippen LogP contribution < -0.4 is 5.32 Å². The highest BCUT2D eigenvalue weighted by atomic mass is 32.1. The molecule has 6 heteroatoms. The van der Waals surface area contributed by atoms with Crippen molar-refractivity contribution in [2.75, 3.05) is 18.9 Å². The van der Waals surface area contributed by atoms with Gasteiger partial charge in [0.2, 0.25) is 5.91 Å². The Balaban J connectivity index is 1.63. The van der Waals surface area contributed by atoms with Gasteiger partial charge in [0.25, 0.3) is 5.91 Å². The molecule has 0 bridgehead atoms. The third-order valence-corrected chi connectivity index (χ3v) is 6.63. The van der Waals surface area contributed by atoms with Gasteiger partial charge in [-0.1, -0.05) is 26.8 Å². The van der Waals surface area contributed by atoms with Gasteiger partial charge in [-0.15, -0.1) is 11.3 Å². The van der Waals surface area contributed by atoms with Crippen molar-refractivity contribution in [1.29, 1.82) is 0 Å². The summed E-state index contributed by atoms with van der Waals surface area (Å²) in [5, 5.41) is 2.75. The van der Waals surface area contributed by atoms with Crippen molar-refractivity contribution >= 4 is 29.0 Å². The monoisotopic (exact) mass is 399 g/mol. The van der Waals surface area contributed by atoms with Gasteiger partial charge in [0.1, 0.15) is 5.82 Å². The van der Waals surface area contributed by atoms with Gasteiger partial charge in [0, 0.05) is 17.6 Å². The van der Waals surface area contributed by atoms with Crippen molar-refractivity contribution in [3.63, 3.8) is 0 Å². The number of hydrogen-bond donors (Lipinski definition) is 1. The third-order valence-electron chi connectivity index (χ3n) is 5.40. The van der Waals surface area contributed by atoms with Gasteiger partial charge >= 0.3 is 0 Å². The molecule has 0 radical (unpaired) electrons. The van der Waals surface area contributed by atoms with Gasteiger partial charge in [-0.05, 0) is 61.3 Å². The molecule has 0 fully saturated rings. The van der Waals surface area contributed by atoms with Gasteiger partial charge < -0.3 is 10.2 Å². The van der Waals surface area contributed by atoms with Crippen LogP contribution in [0.5, 0.6) is 0 Å². The minimum absolute atomic E-state index is 0.00163. The summed E-state index contributed by atoms with van der Waals surface area (Å²) in [6.45, 7) is 8.74. The van der Waals surface area contributed by atoms with Crippen molar-refractivity contribution in [2.45, 2.75) is 47.0 Å². The predicted octanol–water partition coefficient (Wildman–Crippen LogP) is 4.31. The van der Waals surface area contributed by atoms with E-state index in [1.807, 2.05) is 25.1 Å². The van der Waals surface area contributed by atoms with E-state index in [-0.39, 0.29) is 23.8 Å². The van der Waals surface area contributed by atoms with Crippen LogP contribution in [0.1, 0.15) is 53.0 Å². The lowest BCUT2D eigenvalue weighted by Crippen LogP contribution is -2.34. The minimum Gasteiger partial charge on any atom is -0.332 e. The van der Waals surface area contributed by atoms with E-state index in [1.165, 1.54) is 21.8 Å². The summed E-state index contributed by atoms with van der Waals surface area (Å²) in [7, 11) is 1.67. The molecule has 2 amide bonds. The molecule has 0 spiro atoms. The Morgan fingerprint density at radius 3 is 2.75 bits per heavy atom. The van der Waals surface area contributed by atoms with Crippen LogP contribution in [0.4, 0.5) is 5.82 Å². The number of nitrogens with zero attached hydrogens (tertiary/aromatic N) is 2. The first kappa shape index (κ1) is 20.5. The summed E-state index contributed by atoms with van der Waals surface area (Å²) < 4.78 is 0. The fourth-order valence-electron chi connectivity index (χ4n) is 3.64. The van der Waals surface area contributed by atoms with E-state index in [0.717, 1.165) is 23.4 Å². The fraction of sp³-hybridized carbons (Fsp3) is 0.500. The predicted molar refractivity (Wildman–Crippen MR) is 114 cm³/mol. The zero-order chi connectivity index (χ0) is 20.5. The lowest BCUT2D eigenvalue weighted by molar-refractivity contribution is -0.116. The Hall–Kier alpha value is -2.21.